The van der Waals surface area contributed by atoms with Gasteiger partial charge in [-0.1, -0.05) is 19.3 Å². The van der Waals surface area contributed by atoms with Gasteiger partial charge in [0.05, 0.1) is 5.56 Å². The van der Waals surface area contributed by atoms with Crippen molar-refractivity contribution in [2.24, 2.45) is 0 Å². The SMILES string of the molecule is CC(C)(C)N(C(=O)c1cccnc1)C1CCCCC1. The van der Waals surface area contributed by atoms with Crippen molar-refractivity contribution in [2.75, 3.05) is 0 Å². The second kappa shape index (κ2) is 5.72. The maximum atomic E-state index is 12.8. The molecule has 0 aromatic carbocycles. The van der Waals surface area contributed by atoms with Crippen LogP contribution >= 0.6 is 0 Å². The third kappa shape index (κ3) is 3.34. The molecule has 0 aliphatic heterocycles. The van der Waals surface area contributed by atoms with Gasteiger partial charge in [-0.3, -0.25) is 9.78 Å². The summed E-state index contributed by atoms with van der Waals surface area (Å²) in [4.78, 5) is 18.9. The van der Waals surface area contributed by atoms with Gasteiger partial charge in [0.2, 0.25) is 0 Å². The molecule has 1 aromatic rings. The molecule has 0 bridgehead atoms. The molecule has 0 N–H and O–H groups in total. The maximum absolute atomic E-state index is 12.8. The van der Waals surface area contributed by atoms with Gasteiger partial charge in [-0.15, -0.1) is 0 Å². The van der Waals surface area contributed by atoms with E-state index >= 15 is 0 Å². The van der Waals surface area contributed by atoms with Crippen molar-refractivity contribution in [1.82, 2.24) is 9.88 Å². The molecule has 0 radical (unpaired) electrons. The highest BCUT2D eigenvalue weighted by Crippen LogP contribution is 2.29. The molecule has 0 unspecified atom stereocenters. The number of amides is 1. The molecule has 0 spiro atoms. The van der Waals surface area contributed by atoms with Crippen LogP contribution in [0.5, 0.6) is 0 Å². The van der Waals surface area contributed by atoms with E-state index in [1.54, 1.807) is 12.4 Å². The predicted molar refractivity (Wildman–Crippen MR) is 77.0 cm³/mol. The molecule has 3 nitrogen and oxygen atoms in total. The van der Waals surface area contributed by atoms with Gasteiger partial charge in [0.1, 0.15) is 0 Å². The molecule has 1 amide bonds. The van der Waals surface area contributed by atoms with E-state index in [-0.39, 0.29) is 11.4 Å². The summed E-state index contributed by atoms with van der Waals surface area (Å²) < 4.78 is 0. The van der Waals surface area contributed by atoms with Crippen LogP contribution in [0.25, 0.3) is 0 Å². The Morgan fingerprint density at radius 1 is 1.26 bits per heavy atom. The van der Waals surface area contributed by atoms with Gasteiger partial charge in [0, 0.05) is 24.0 Å². The minimum atomic E-state index is -0.144. The first-order chi connectivity index (χ1) is 9.00. The summed E-state index contributed by atoms with van der Waals surface area (Å²) in [5.74, 6) is 0.118. The highest BCUT2D eigenvalue weighted by molar-refractivity contribution is 5.94. The summed E-state index contributed by atoms with van der Waals surface area (Å²) in [5.41, 5.74) is 0.553. The molecular formula is C16H24N2O. The Bertz CT molecular complexity index is 416. The second-order valence-corrected chi connectivity index (χ2v) is 6.38. The zero-order valence-electron chi connectivity index (χ0n) is 12.2. The van der Waals surface area contributed by atoms with Gasteiger partial charge in [-0.25, -0.2) is 0 Å². The van der Waals surface area contributed by atoms with Gasteiger partial charge in [-0.2, -0.15) is 0 Å². The quantitative estimate of drug-likeness (QED) is 0.813. The summed E-state index contributed by atoms with van der Waals surface area (Å²) >= 11 is 0. The van der Waals surface area contributed by atoms with E-state index < -0.39 is 0 Å². The van der Waals surface area contributed by atoms with Crippen LogP contribution in [0.15, 0.2) is 24.5 Å². The molecule has 1 heterocycles. The van der Waals surface area contributed by atoms with E-state index in [9.17, 15) is 4.79 Å². The van der Waals surface area contributed by atoms with Crippen molar-refractivity contribution in [1.29, 1.82) is 0 Å². The van der Waals surface area contributed by atoms with Gasteiger partial charge >= 0.3 is 0 Å². The fourth-order valence-electron chi connectivity index (χ4n) is 2.99. The van der Waals surface area contributed by atoms with Crippen molar-refractivity contribution < 1.29 is 4.79 Å². The van der Waals surface area contributed by atoms with E-state index in [0.29, 0.717) is 11.6 Å². The number of nitrogens with zero attached hydrogens (tertiary/aromatic N) is 2. The average molecular weight is 260 g/mol. The van der Waals surface area contributed by atoms with E-state index in [0.717, 1.165) is 12.8 Å². The van der Waals surface area contributed by atoms with E-state index in [1.807, 2.05) is 12.1 Å². The lowest BCUT2D eigenvalue weighted by Gasteiger charge is -2.43. The number of carbonyl (C=O) groups excluding carboxylic acids is 1. The number of pyridine rings is 1. The van der Waals surface area contributed by atoms with Crippen LogP contribution in [0.1, 0.15) is 63.2 Å². The number of rotatable bonds is 2. The first kappa shape index (κ1) is 14.0. The monoisotopic (exact) mass is 260 g/mol. The lowest BCUT2D eigenvalue weighted by atomic mass is 9.90. The molecule has 1 aliphatic rings. The largest absolute Gasteiger partial charge is 0.331 e. The molecule has 0 saturated heterocycles. The van der Waals surface area contributed by atoms with Gasteiger partial charge in [-0.05, 0) is 45.7 Å². The van der Waals surface area contributed by atoms with Crippen LogP contribution in [0.4, 0.5) is 0 Å². The number of hydrogen-bond acceptors (Lipinski definition) is 2. The minimum Gasteiger partial charge on any atom is -0.331 e. The summed E-state index contributed by atoms with van der Waals surface area (Å²) in [6.07, 6.45) is 9.40. The lowest BCUT2D eigenvalue weighted by Crippen LogP contribution is -2.52. The Hall–Kier alpha value is -1.38. The molecule has 19 heavy (non-hydrogen) atoms. The summed E-state index contributed by atoms with van der Waals surface area (Å²) in [6.45, 7) is 6.36. The Balaban J connectivity index is 2.25. The Morgan fingerprint density at radius 3 is 2.47 bits per heavy atom. The van der Waals surface area contributed by atoms with E-state index in [1.165, 1.54) is 19.3 Å². The number of aromatic nitrogens is 1. The van der Waals surface area contributed by atoms with Crippen LogP contribution in [0.3, 0.4) is 0 Å². The van der Waals surface area contributed by atoms with Gasteiger partial charge in [0.15, 0.2) is 0 Å². The van der Waals surface area contributed by atoms with Crippen LogP contribution in [0, 0.1) is 0 Å². The average Bonchev–Trinajstić information content (AvgIpc) is 2.39. The summed E-state index contributed by atoms with van der Waals surface area (Å²) in [6, 6.07) is 4.06. The summed E-state index contributed by atoms with van der Waals surface area (Å²) in [5, 5.41) is 0. The first-order valence-electron chi connectivity index (χ1n) is 7.24. The third-order valence-electron chi connectivity index (χ3n) is 3.79. The molecule has 1 fully saturated rings. The van der Waals surface area contributed by atoms with Crippen molar-refractivity contribution in [2.45, 2.75) is 64.5 Å². The fourth-order valence-corrected chi connectivity index (χ4v) is 2.99. The lowest BCUT2D eigenvalue weighted by molar-refractivity contribution is 0.0366. The van der Waals surface area contributed by atoms with Crippen molar-refractivity contribution in [3.05, 3.63) is 30.1 Å². The highest BCUT2D eigenvalue weighted by Gasteiger charge is 2.34. The van der Waals surface area contributed by atoms with Crippen LogP contribution in [-0.2, 0) is 0 Å². The van der Waals surface area contributed by atoms with Gasteiger partial charge < -0.3 is 4.90 Å². The second-order valence-electron chi connectivity index (χ2n) is 6.38. The van der Waals surface area contributed by atoms with Crippen LogP contribution < -0.4 is 0 Å². The molecule has 0 atom stereocenters. The molecule has 1 saturated carbocycles. The smallest absolute Gasteiger partial charge is 0.256 e. The first-order valence-corrected chi connectivity index (χ1v) is 7.24. The highest BCUT2D eigenvalue weighted by atomic mass is 16.2. The summed E-state index contributed by atoms with van der Waals surface area (Å²) in [7, 11) is 0. The zero-order chi connectivity index (χ0) is 13.9. The standard InChI is InChI=1S/C16H24N2O/c1-16(2,3)18(14-9-5-4-6-10-14)15(19)13-8-7-11-17-12-13/h7-8,11-12,14H,4-6,9-10H2,1-3H3. The van der Waals surface area contributed by atoms with E-state index in [4.69, 9.17) is 0 Å². The van der Waals surface area contributed by atoms with Crippen molar-refractivity contribution >= 4 is 5.91 Å². The zero-order valence-corrected chi connectivity index (χ0v) is 12.2. The molecular weight excluding hydrogens is 236 g/mol. The number of hydrogen-bond donors (Lipinski definition) is 0. The van der Waals surface area contributed by atoms with Crippen LogP contribution in [-0.4, -0.2) is 27.4 Å². The predicted octanol–water partition coefficient (Wildman–Crippen LogP) is 3.66. The fraction of sp³-hybridized carbons (Fsp3) is 0.625. The number of carbonyl (C=O) groups is 1. The molecule has 2 rings (SSSR count). The maximum Gasteiger partial charge on any atom is 0.256 e. The molecule has 1 aromatic heterocycles. The minimum absolute atomic E-state index is 0.118. The topological polar surface area (TPSA) is 33.2 Å². The van der Waals surface area contributed by atoms with Crippen molar-refractivity contribution in [3.8, 4) is 0 Å². The van der Waals surface area contributed by atoms with Crippen LogP contribution in [0.2, 0.25) is 0 Å². The third-order valence-corrected chi connectivity index (χ3v) is 3.79. The normalized spacial score (nSPS) is 17.2. The molecule has 104 valence electrons. The Kier molecular flexibility index (Phi) is 4.23. The Morgan fingerprint density at radius 2 is 1.95 bits per heavy atom. The molecule has 3 heteroatoms. The van der Waals surface area contributed by atoms with Gasteiger partial charge in [0.25, 0.3) is 5.91 Å². The van der Waals surface area contributed by atoms with Crippen molar-refractivity contribution in [3.63, 3.8) is 0 Å². The Labute approximate surface area is 116 Å². The molecule has 1 aliphatic carbocycles. The van der Waals surface area contributed by atoms with E-state index in [2.05, 4.69) is 30.7 Å².